The molecule has 6 nitrogen and oxygen atoms in total. The molecule has 2 heterocycles. The largest absolute Gasteiger partial charge is 0.423 e. The Hall–Kier alpha value is -3.61. The highest BCUT2D eigenvalue weighted by atomic mass is 19.1. The van der Waals surface area contributed by atoms with E-state index in [1.165, 1.54) is 30.8 Å². The van der Waals surface area contributed by atoms with Crippen molar-refractivity contribution >= 4 is 22.7 Å². The van der Waals surface area contributed by atoms with Gasteiger partial charge in [0.1, 0.15) is 11.2 Å². The van der Waals surface area contributed by atoms with Gasteiger partial charge in [0.2, 0.25) is 11.6 Å². The summed E-state index contributed by atoms with van der Waals surface area (Å²) in [5.74, 6) is -0.160. The van der Waals surface area contributed by atoms with Crippen molar-refractivity contribution in [3.63, 3.8) is 0 Å². The Morgan fingerprint density at radius 2 is 1.76 bits per heavy atom. The number of furan rings is 1. The molecule has 0 atom stereocenters. The molecule has 0 aliphatic rings. The summed E-state index contributed by atoms with van der Waals surface area (Å²) >= 11 is 0. The van der Waals surface area contributed by atoms with Crippen molar-refractivity contribution in [2.24, 2.45) is 14.1 Å². The highest BCUT2D eigenvalue weighted by Crippen LogP contribution is 2.38. The van der Waals surface area contributed by atoms with Crippen LogP contribution in [0.3, 0.4) is 0 Å². The first kappa shape index (κ1) is 18.7. The summed E-state index contributed by atoms with van der Waals surface area (Å²) in [4.78, 5) is 25.3. The highest BCUT2D eigenvalue weighted by molar-refractivity contribution is 5.99. The molecule has 29 heavy (non-hydrogen) atoms. The standard InChI is InChI=1S/C22H20FN3O3/c1-12-8-9-16(13(2)10-12)24-19-17(14-6-5-7-15(23)11-14)18-20(27)25(3)22(28)26(4)21(18)29-19/h5-11,24H,1-4H3. The van der Waals surface area contributed by atoms with Gasteiger partial charge in [-0.3, -0.25) is 13.9 Å². The van der Waals surface area contributed by atoms with E-state index in [1.54, 1.807) is 12.1 Å². The lowest BCUT2D eigenvalue weighted by Gasteiger charge is -2.10. The van der Waals surface area contributed by atoms with Crippen molar-refractivity contribution in [2.75, 3.05) is 5.32 Å². The van der Waals surface area contributed by atoms with E-state index in [0.29, 0.717) is 11.1 Å². The van der Waals surface area contributed by atoms with Gasteiger partial charge in [0.15, 0.2) is 0 Å². The van der Waals surface area contributed by atoms with Gasteiger partial charge in [0, 0.05) is 19.8 Å². The van der Waals surface area contributed by atoms with Gasteiger partial charge < -0.3 is 9.73 Å². The maximum absolute atomic E-state index is 14.0. The van der Waals surface area contributed by atoms with Crippen LogP contribution < -0.4 is 16.6 Å². The summed E-state index contributed by atoms with van der Waals surface area (Å²) in [6.07, 6.45) is 0. The molecule has 0 unspecified atom stereocenters. The van der Waals surface area contributed by atoms with Gasteiger partial charge in [-0.2, -0.15) is 0 Å². The van der Waals surface area contributed by atoms with E-state index >= 15 is 0 Å². The normalized spacial score (nSPS) is 11.2. The number of rotatable bonds is 3. The molecule has 0 radical (unpaired) electrons. The topological polar surface area (TPSA) is 69.2 Å². The Labute approximate surface area is 165 Å². The van der Waals surface area contributed by atoms with Crippen LogP contribution in [-0.4, -0.2) is 9.13 Å². The number of anilines is 2. The van der Waals surface area contributed by atoms with E-state index in [1.807, 2.05) is 32.0 Å². The van der Waals surface area contributed by atoms with Crippen LogP contribution in [0.1, 0.15) is 11.1 Å². The molecule has 7 heteroatoms. The quantitative estimate of drug-likeness (QED) is 0.571. The lowest BCUT2D eigenvalue weighted by molar-refractivity contribution is 0.577. The van der Waals surface area contributed by atoms with Crippen molar-refractivity contribution in [3.05, 3.63) is 80.2 Å². The van der Waals surface area contributed by atoms with Crippen LogP contribution in [0.2, 0.25) is 0 Å². The molecule has 1 N–H and O–H groups in total. The number of fused-ring (bicyclic) bond motifs is 1. The SMILES string of the molecule is Cc1ccc(Nc2oc3c(c2-c2cccc(F)c2)c(=O)n(C)c(=O)n3C)c(C)c1. The van der Waals surface area contributed by atoms with Gasteiger partial charge in [-0.15, -0.1) is 0 Å². The Balaban J connectivity index is 2.07. The summed E-state index contributed by atoms with van der Waals surface area (Å²) in [6.45, 7) is 3.95. The molecule has 0 spiro atoms. The van der Waals surface area contributed by atoms with Gasteiger partial charge in [0.05, 0.1) is 5.56 Å². The molecule has 0 aliphatic carbocycles. The molecule has 0 saturated heterocycles. The molecule has 0 saturated carbocycles. The summed E-state index contributed by atoms with van der Waals surface area (Å²) in [7, 11) is 2.94. The molecule has 4 rings (SSSR count). The van der Waals surface area contributed by atoms with Crippen molar-refractivity contribution in [1.29, 1.82) is 0 Å². The van der Waals surface area contributed by atoms with Crippen LogP contribution >= 0.6 is 0 Å². The van der Waals surface area contributed by atoms with Gasteiger partial charge in [-0.05, 0) is 43.2 Å². The zero-order chi connectivity index (χ0) is 20.9. The van der Waals surface area contributed by atoms with Crippen LogP contribution in [0.25, 0.3) is 22.2 Å². The predicted octanol–water partition coefficient (Wildman–Crippen LogP) is 4.00. The molecule has 0 fully saturated rings. The van der Waals surface area contributed by atoms with Gasteiger partial charge in [-0.25, -0.2) is 9.18 Å². The van der Waals surface area contributed by atoms with E-state index in [-0.39, 0.29) is 17.0 Å². The Morgan fingerprint density at radius 1 is 1.00 bits per heavy atom. The number of hydrogen-bond acceptors (Lipinski definition) is 4. The fraction of sp³-hybridized carbons (Fsp3) is 0.182. The Bertz CT molecular complexity index is 1380. The van der Waals surface area contributed by atoms with Crippen LogP contribution in [0.15, 0.2) is 56.5 Å². The number of aromatic nitrogens is 2. The maximum atomic E-state index is 14.0. The highest BCUT2D eigenvalue weighted by Gasteiger charge is 2.23. The summed E-state index contributed by atoms with van der Waals surface area (Å²) in [5.41, 5.74) is 2.90. The second-order valence-electron chi connectivity index (χ2n) is 7.15. The molecule has 148 valence electrons. The first-order valence-corrected chi connectivity index (χ1v) is 9.10. The number of nitrogens with zero attached hydrogens (tertiary/aromatic N) is 2. The second kappa shape index (κ2) is 6.77. The lowest BCUT2D eigenvalue weighted by atomic mass is 10.0. The first-order valence-electron chi connectivity index (χ1n) is 9.10. The number of nitrogens with one attached hydrogen (secondary N) is 1. The number of halogens is 1. The third kappa shape index (κ3) is 3.04. The second-order valence-corrected chi connectivity index (χ2v) is 7.15. The van der Waals surface area contributed by atoms with Gasteiger partial charge in [-0.1, -0.05) is 29.8 Å². The Kier molecular flexibility index (Phi) is 4.38. The van der Waals surface area contributed by atoms with Crippen molar-refractivity contribution in [1.82, 2.24) is 9.13 Å². The fourth-order valence-electron chi connectivity index (χ4n) is 3.50. The minimum absolute atomic E-state index is 0.129. The minimum atomic E-state index is -0.500. The van der Waals surface area contributed by atoms with E-state index in [4.69, 9.17) is 4.42 Å². The fourth-order valence-corrected chi connectivity index (χ4v) is 3.50. The number of benzene rings is 2. The van der Waals surface area contributed by atoms with E-state index in [0.717, 1.165) is 21.4 Å². The van der Waals surface area contributed by atoms with Gasteiger partial charge >= 0.3 is 5.69 Å². The molecular formula is C22H20FN3O3. The average Bonchev–Trinajstić information content (AvgIpc) is 3.06. The van der Waals surface area contributed by atoms with E-state index < -0.39 is 17.1 Å². The van der Waals surface area contributed by atoms with Crippen molar-refractivity contribution in [3.8, 4) is 11.1 Å². The summed E-state index contributed by atoms with van der Waals surface area (Å²) < 4.78 is 22.2. The zero-order valence-corrected chi connectivity index (χ0v) is 16.5. The molecule has 2 aromatic heterocycles. The smallest absolute Gasteiger partial charge is 0.333 e. The van der Waals surface area contributed by atoms with Crippen molar-refractivity contribution < 1.29 is 8.81 Å². The molecule has 0 aliphatic heterocycles. The van der Waals surface area contributed by atoms with Crippen molar-refractivity contribution in [2.45, 2.75) is 13.8 Å². The van der Waals surface area contributed by atoms with Crippen LogP contribution in [0.5, 0.6) is 0 Å². The predicted molar refractivity (Wildman–Crippen MR) is 111 cm³/mol. The maximum Gasteiger partial charge on any atom is 0.333 e. The molecule has 0 amide bonds. The first-order chi connectivity index (χ1) is 13.8. The molecule has 4 aromatic rings. The lowest BCUT2D eigenvalue weighted by Crippen LogP contribution is -2.36. The number of hydrogen-bond donors (Lipinski definition) is 1. The van der Waals surface area contributed by atoms with Crippen LogP contribution in [-0.2, 0) is 14.1 Å². The Morgan fingerprint density at radius 3 is 2.45 bits per heavy atom. The van der Waals surface area contributed by atoms with Crippen LogP contribution in [0, 0.1) is 19.7 Å². The summed E-state index contributed by atoms with van der Waals surface area (Å²) in [5, 5.41) is 3.43. The molecule has 2 aromatic carbocycles. The summed E-state index contributed by atoms with van der Waals surface area (Å²) in [6, 6.07) is 11.8. The number of aryl methyl sites for hydroxylation is 3. The minimum Gasteiger partial charge on any atom is -0.423 e. The zero-order valence-electron chi connectivity index (χ0n) is 16.5. The average molecular weight is 393 g/mol. The molecular weight excluding hydrogens is 373 g/mol. The van der Waals surface area contributed by atoms with Gasteiger partial charge in [0.25, 0.3) is 5.56 Å². The van der Waals surface area contributed by atoms with E-state index in [9.17, 15) is 14.0 Å². The molecule has 0 bridgehead atoms. The van der Waals surface area contributed by atoms with Crippen LogP contribution in [0.4, 0.5) is 16.0 Å². The third-order valence-electron chi connectivity index (χ3n) is 5.03. The van der Waals surface area contributed by atoms with E-state index in [2.05, 4.69) is 5.32 Å². The third-order valence-corrected chi connectivity index (χ3v) is 5.03. The monoisotopic (exact) mass is 393 g/mol.